The Labute approximate surface area is 129 Å². The van der Waals surface area contributed by atoms with Crippen LogP contribution >= 0.6 is 11.8 Å². The van der Waals surface area contributed by atoms with Crippen LogP contribution in [0.25, 0.3) is 0 Å². The maximum atomic E-state index is 10.3. The van der Waals surface area contributed by atoms with E-state index in [2.05, 4.69) is 30.8 Å². The molecule has 0 amide bonds. The molecule has 0 saturated carbocycles. The predicted molar refractivity (Wildman–Crippen MR) is 90.6 cm³/mol. The van der Waals surface area contributed by atoms with E-state index in [9.17, 15) is 4.79 Å². The SMILES string of the molecule is CCCCCSCC/C=C\CCCCCCCC(=O)O. The van der Waals surface area contributed by atoms with E-state index in [0.717, 1.165) is 12.8 Å². The summed E-state index contributed by atoms with van der Waals surface area (Å²) >= 11 is 2.07. The molecule has 0 rings (SSSR count). The Morgan fingerprint density at radius 3 is 2.35 bits per heavy atom. The van der Waals surface area contributed by atoms with E-state index >= 15 is 0 Å². The molecule has 0 atom stereocenters. The minimum absolute atomic E-state index is 0.329. The molecule has 0 aliphatic heterocycles. The topological polar surface area (TPSA) is 37.3 Å². The number of rotatable bonds is 15. The molecule has 0 aliphatic carbocycles. The van der Waals surface area contributed by atoms with Crippen molar-refractivity contribution in [3.63, 3.8) is 0 Å². The fourth-order valence-electron chi connectivity index (χ4n) is 2.01. The normalized spacial score (nSPS) is 11.2. The molecule has 20 heavy (non-hydrogen) atoms. The van der Waals surface area contributed by atoms with Crippen LogP contribution in [-0.4, -0.2) is 22.6 Å². The molecular weight excluding hydrogens is 268 g/mol. The second-order valence-electron chi connectivity index (χ2n) is 5.28. The smallest absolute Gasteiger partial charge is 0.303 e. The van der Waals surface area contributed by atoms with Crippen LogP contribution in [0.1, 0.15) is 77.6 Å². The lowest BCUT2D eigenvalue weighted by Gasteiger charge is -1.99. The molecule has 0 radical (unpaired) electrons. The fourth-order valence-corrected chi connectivity index (χ4v) is 2.93. The second-order valence-corrected chi connectivity index (χ2v) is 6.50. The number of unbranched alkanes of at least 4 members (excludes halogenated alkanes) is 7. The maximum Gasteiger partial charge on any atom is 0.303 e. The zero-order valence-electron chi connectivity index (χ0n) is 13.1. The number of carboxylic acid groups (broad SMARTS) is 1. The van der Waals surface area contributed by atoms with E-state index < -0.39 is 5.97 Å². The van der Waals surface area contributed by atoms with Crippen LogP contribution in [0.5, 0.6) is 0 Å². The lowest BCUT2D eigenvalue weighted by Crippen LogP contribution is -1.93. The average Bonchev–Trinajstić information content (AvgIpc) is 2.43. The third-order valence-electron chi connectivity index (χ3n) is 3.25. The third-order valence-corrected chi connectivity index (χ3v) is 4.35. The first-order valence-corrected chi connectivity index (χ1v) is 9.37. The van der Waals surface area contributed by atoms with Crippen molar-refractivity contribution in [1.29, 1.82) is 0 Å². The van der Waals surface area contributed by atoms with Crippen LogP contribution in [0.2, 0.25) is 0 Å². The van der Waals surface area contributed by atoms with Crippen molar-refractivity contribution in [3.8, 4) is 0 Å². The summed E-state index contributed by atoms with van der Waals surface area (Å²) in [6, 6.07) is 0. The van der Waals surface area contributed by atoms with Crippen molar-refractivity contribution in [1.82, 2.24) is 0 Å². The van der Waals surface area contributed by atoms with Crippen LogP contribution in [-0.2, 0) is 4.79 Å². The minimum atomic E-state index is -0.666. The van der Waals surface area contributed by atoms with Gasteiger partial charge in [-0.2, -0.15) is 11.8 Å². The number of allylic oxidation sites excluding steroid dienone is 2. The Morgan fingerprint density at radius 2 is 1.60 bits per heavy atom. The molecule has 0 fully saturated rings. The van der Waals surface area contributed by atoms with Gasteiger partial charge in [0.15, 0.2) is 0 Å². The summed E-state index contributed by atoms with van der Waals surface area (Å²) in [5.74, 6) is 1.91. The molecule has 0 aliphatic rings. The first-order valence-electron chi connectivity index (χ1n) is 8.22. The van der Waals surface area contributed by atoms with E-state index in [4.69, 9.17) is 5.11 Å². The van der Waals surface area contributed by atoms with E-state index in [1.807, 2.05) is 0 Å². The number of hydrogen-bond acceptors (Lipinski definition) is 2. The monoisotopic (exact) mass is 300 g/mol. The first-order chi connectivity index (χ1) is 9.77. The van der Waals surface area contributed by atoms with Gasteiger partial charge in [-0.15, -0.1) is 0 Å². The molecule has 0 spiro atoms. The number of aliphatic carboxylic acids is 1. The average molecular weight is 301 g/mol. The number of hydrogen-bond donors (Lipinski definition) is 1. The Bertz CT molecular complexity index is 239. The van der Waals surface area contributed by atoms with E-state index in [1.165, 1.54) is 62.9 Å². The highest BCUT2D eigenvalue weighted by Gasteiger charge is 1.95. The lowest BCUT2D eigenvalue weighted by molar-refractivity contribution is -0.137. The number of carbonyl (C=O) groups is 1. The van der Waals surface area contributed by atoms with Gasteiger partial charge in [0.1, 0.15) is 0 Å². The molecule has 0 aromatic carbocycles. The van der Waals surface area contributed by atoms with Crippen molar-refractivity contribution >= 4 is 17.7 Å². The molecule has 0 aromatic heterocycles. The fraction of sp³-hybridized carbons (Fsp3) is 0.824. The highest BCUT2D eigenvalue weighted by atomic mass is 32.2. The molecule has 2 nitrogen and oxygen atoms in total. The van der Waals surface area contributed by atoms with E-state index in [-0.39, 0.29) is 0 Å². The van der Waals surface area contributed by atoms with Crippen LogP contribution < -0.4 is 0 Å². The molecule has 0 aromatic rings. The van der Waals surface area contributed by atoms with Gasteiger partial charge in [0.05, 0.1) is 0 Å². The summed E-state index contributed by atoms with van der Waals surface area (Å²) in [5, 5.41) is 8.51. The highest BCUT2D eigenvalue weighted by molar-refractivity contribution is 7.99. The summed E-state index contributed by atoms with van der Waals surface area (Å²) in [6.45, 7) is 2.25. The molecule has 1 N–H and O–H groups in total. The summed E-state index contributed by atoms with van der Waals surface area (Å²) in [7, 11) is 0. The number of carboxylic acids is 1. The van der Waals surface area contributed by atoms with Gasteiger partial charge in [-0.3, -0.25) is 4.79 Å². The zero-order valence-corrected chi connectivity index (χ0v) is 13.9. The van der Waals surface area contributed by atoms with Crippen molar-refractivity contribution in [2.24, 2.45) is 0 Å². The molecule has 118 valence electrons. The van der Waals surface area contributed by atoms with Gasteiger partial charge in [-0.1, -0.05) is 51.2 Å². The Balaban J connectivity index is 3.07. The third kappa shape index (κ3) is 17.6. The van der Waals surface area contributed by atoms with Crippen LogP contribution in [0.4, 0.5) is 0 Å². The van der Waals surface area contributed by atoms with Gasteiger partial charge in [0.25, 0.3) is 0 Å². The molecular formula is C17H32O2S. The molecule has 0 bridgehead atoms. The van der Waals surface area contributed by atoms with Gasteiger partial charge in [-0.05, 0) is 43.6 Å². The van der Waals surface area contributed by atoms with Crippen LogP contribution in [0.3, 0.4) is 0 Å². The van der Waals surface area contributed by atoms with Crippen LogP contribution in [0, 0.1) is 0 Å². The minimum Gasteiger partial charge on any atom is -0.481 e. The van der Waals surface area contributed by atoms with E-state index in [0.29, 0.717) is 6.42 Å². The molecule has 3 heteroatoms. The van der Waals surface area contributed by atoms with Gasteiger partial charge in [0, 0.05) is 6.42 Å². The molecule has 0 heterocycles. The predicted octanol–water partition coefficient (Wildman–Crippen LogP) is 5.67. The van der Waals surface area contributed by atoms with E-state index in [1.54, 1.807) is 0 Å². The second kappa shape index (κ2) is 16.6. The standard InChI is InChI=1S/C17H32O2S/c1-2-3-12-15-20-16-13-10-8-6-4-5-7-9-11-14-17(18)19/h8,10H,2-7,9,11-16H2,1H3,(H,18,19)/b10-8-. The molecule has 0 saturated heterocycles. The quantitative estimate of drug-likeness (QED) is 0.313. The van der Waals surface area contributed by atoms with Crippen molar-refractivity contribution < 1.29 is 9.90 Å². The Kier molecular flexibility index (Phi) is 16.2. The Hall–Kier alpha value is -0.440. The maximum absolute atomic E-state index is 10.3. The lowest BCUT2D eigenvalue weighted by atomic mass is 10.1. The highest BCUT2D eigenvalue weighted by Crippen LogP contribution is 2.09. The van der Waals surface area contributed by atoms with Crippen LogP contribution in [0.15, 0.2) is 12.2 Å². The molecule has 0 unspecified atom stereocenters. The first kappa shape index (κ1) is 19.6. The zero-order chi connectivity index (χ0) is 14.9. The van der Waals surface area contributed by atoms with Gasteiger partial charge in [0.2, 0.25) is 0 Å². The van der Waals surface area contributed by atoms with Crippen molar-refractivity contribution in [2.75, 3.05) is 11.5 Å². The summed E-state index contributed by atoms with van der Waals surface area (Å²) in [5.41, 5.74) is 0. The Morgan fingerprint density at radius 1 is 0.900 bits per heavy atom. The number of thioether (sulfide) groups is 1. The summed E-state index contributed by atoms with van der Waals surface area (Å²) in [4.78, 5) is 10.3. The van der Waals surface area contributed by atoms with Gasteiger partial charge in [-0.25, -0.2) is 0 Å². The largest absolute Gasteiger partial charge is 0.481 e. The van der Waals surface area contributed by atoms with Gasteiger partial charge < -0.3 is 5.11 Å². The summed E-state index contributed by atoms with van der Waals surface area (Å²) in [6.07, 6.45) is 16.9. The van der Waals surface area contributed by atoms with Crippen molar-refractivity contribution in [3.05, 3.63) is 12.2 Å². The summed E-state index contributed by atoms with van der Waals surface area (Å²) < 4.78 is 0. The van der Waals surface area contributed by atoms with Gasteiger partial charge >= 0.3 is 5.97 Å². The van der Waals surface area contributed by atoms with Crippen molar-refractivity contribution in [2.45, 2.75) is 77.6 Å².